The van der Waals surface area contributed by atoms with Gasteiger partial charge in [-0.1, -0.05) is 309 Å². The van der Waals surface area contributed by atoms with Crippen molar-refractivity contribution in [2.75, 3.05) is 14.7 Å². The minimum Gasteiger partial charge on any atom is -0.310 e. The Bertz CT molecular complexity index is 7520. The van der Waals surface area contributed by atoms with Crippen LogP contribution in [-0.4, -0.2) is 0 Å². The molecule has 12 fully saturated rings. The summed E-state index contributed by atoms with van der Waals surface area (Å²) in [6, 6.07) is 148. The summed E-state index contributed by atoms with van der Waals surface area (Å²) < 4.78 is 0. The van der Waals surface area contributed by atoms with Gasteiger partial charge in [-0.15, -0.1) is 0 Å². The maximum Gasteiger partial charge on any atom is 0.0546 e. The number of anilines is 9. The van der Waals surface area contributed by atoms with E-state index in [2.05, 4.69) is 409 Å². The molecule has 33 rings (SSSR count). The summed E-state index contributed by atoms with van der Waals surface area (Å²) >= 11 is 0. The van der Waals surface area contributed by atoms with Crippen LogP contribution >= 0.6 is 0 Å². The number of rotatable bonds is 10. The van der Waals surface area contributed by atoms with E-state index in [4.69, 9.17) is 0 Å². The fourth-order valence-electron chi connectivity index (χ4n) is 31.7. The van der Waals surface area contributed by atoms with Crippen LogP contribution in [0, 0.1) is 71.0 Å². The quantitative estimate of drug-likeness (QED) is 0.126. The third kappa shape index (κ3) is 11.3. The highest BCUT2D eigenvalue weighted by Crippen LogP contribution is 2.75. The molecule has 3 spiro atoms. The van der Waals surface area contributed by atoms with Crippen molar-refractivity contribution in [2.45, 2.75) is 113 Å². The first kappa shape index (κ1) is 76.5. The largest absolute Gasteiger partial charge is 0.310 e. The van der Waals surface area contributed by atoms with Crippen LogP contribution in [0.1, 0.15) is 130 Å². The molecule has 0 atom stereocenters. The molecule has 0 heterocycles. The van der Waals surface area contributed by atoms with Gasteiger partial charge < -0.3 is 14.7 Å². The summed E-state index contributed by atoms with van der Waals surface area (Å²) in [7, 11) is 0. The fourth-order valence-corrected chi connectivity index (χ4v) is 31.7. The van der Waals surface area contributed by atoms with Crippen LogP contribution in [0.5, 0.6) is 0 Å². The van der Waals surface area contributed by atoms with E-state index in [1.165, 1.54) is 246 Å². The Morgan fingerprint density at radius 3 is 0.916 bits per heavy atom. The number of hydrogen-bond donors (Lipinski definition) is 0. The molecule has 12 bridgehead atoms. The van der Waals surface area contributed by atoms with Crippen LogP contribution in [0.25, 0.3) is 98.4 Å². The maximum absolute atomic E-state index is 2.57. The average Bonchev–Trinajstić information content (AvgIpc) is 1.53. The summed E-state index contributed by atoms with van der Waals surface area (Å²) in [6.07, 6.45) is 21.3. The fraction of sp³-hybridized carbons (Fsp3) is 0.234. The summed E-state index contributed by atoms with van der Waals surface area (Å²) in [5, 5.41) is 13.0. The van der Waals surface area contributed by atoms with Gasteiger partial charge in [-0.25, -0.2) is 0 Å². The third-order valence-electron chi connectivity index (χ3n) is 35.6. The van der Waals surface area contributed by atoms with E-state index in [-0.39, 0.29) is 16.2 Å². The lowest BCUT2D eigenvalue weighted by molar-refractivity contribution is -0.0399. The van der Waals surface area contributed by atoms with Crippen molar-refractivity contribution >= 4 is 105 Å². The topological polar surface area (TPSA) is 9.72 Å². The van der Waals surface area contributed by atoms with E-state index in [9.17, 15) is 0 Å². The molecule has 0 saturated heterocycles. The summed E-state index contributed by atoms with van der Waals surface area (Å²) in [6.45, 7) is 0. The minimum atomic E-state index is 0.156. The van der Waals surface area contributed by atoms with E-state index >= 15 is 0 Å². The molecule has 15 aliphatic rings. The highest BCUT2D eigenvalue weighted by molar-refractivity contribution is 6.16. The highest BCUT2D eigenvalue weighted by atomic mass is 15.2. The monoisotopic (exact) mass is 1690 g/mol. The van der Waals surface area contributed by atoms with Gasteiger partial charge in [-0.05, 0) is 362 Å². The first-order valence-electron chi connectivity index (χ1n) is 49.5. The van der Waals surface area contributed by atoms with Crippen molar-refractivity contribution in [1.29, 1.82) is 0 Å². The van der Waals surface area contributed by atoms with Crippen LogP contribution in [-0.2, 0) is 16.2 Å². The molecule has 0 amide bonds. The van der Waals surface area contributed by atoms with Gasteiger partial charge >= 0.3 is 0 Å². The zero-order valence-electron chi connectivity index (χ0n) is 74.4. The molecule has 3 nitrogen and oxygen atoms in total. The number of benzene rings is 18. The number of nitrogens with zero attached hydrogens (tertiary/aromatic N) is 3. The van der Waals surface area contributed by atoms with Crippen molar-refractivity contribution < 1.29 is 0 Å². The Morgan fingerprint density at radius 2 is 0.458 bits per heavy atom. The molecule has 12 saturated carbocycles. The van der Waals surface area contributed by atoms with E-state index in [0.717, 1.165) is 71.0 Å². The molecule has 18 aromatic carbocycles. The lowest BCUT2D eigenvalue weighted by atomic mass is 9.43. The van der Waals surface area contributed by atoms with E-state index < -0.39 is 0 Å². The molecule has 18 aromatic rings. The number of hydrogen-bond acceptors (Lipinski definition) is 3. The van der Waals surface area contributed by atoms with Gasteiger partial charge in [0.1, 0.15) is 0 Å². The maximum atomic E-state index is 2.57. The van der Waals surface area contributed by atoms with Gasteiger partial charge in [0.25, 0.3) is 0 Å². The van der Waals surface area contributed by atoms with Crippen molar-refractivity contribution in [3.05, 3.63) is 428 Å². The highest BCUT2D eigenvalue weighted by Gasteiger charge is 2.65. The van der Waals surface area contributed by atoms with Gasteiger partial charge in [0.05, 0.1) is 22.7 Å². The Kier molecular flexibility index (Phi) is 17.4. The Hall–Kier alpha value is -13.3. The van der Waals surface area contributed by atoms with Gasteiger partial charge in [-0.2, -0.15) is 0 Å². The zero-order valence-corrected chi connectivity index (χ0v) is 74.4. The molecule has 15 aliphatic carbocycles. The lowest BCUT2D eigenvalue weighted by Crippen LogP contribution is -2.55. The normalized spacial score (nSPS) is 26.0. The van der Waals surface area contributed by atoms with Gasteiger partial charge in [0.2, 0.25) is 0 Å². The van der Waals surface area contributed by atoms with E-state index in [1.807, 2.05) is 0 Å². The zero-order chi connectivity index (χ0) is 85.8. The molecule has 0 N–H and O–H groups in total. The van der Waals surface area contributed by atoms with Crippen LogP contribution in [0.15, 0.2) is 394 Å². The Morgan fingerprint density at radius 1 is 0.168 bits per heavy atom. The molecular weight excluding hydrogens is 1580 g/mol. The van der Waals surface area contributed by atoms with Crippen LogP contribution in [0.3, 0.4) is 0 Å². The van der Waals surface area contributed by atoms with Crippen molar-refractivity contribution in [2.24, 2.45) is 71.0 Å². The van der Waals surface area contributed by atoms with Gasteiger partial charge in [0, 0.05) is 66.8 Å². The summed E-state index contributed by atoms with van der Waals surface area (Å²) in [5.74, 6) is 10.2. The van der Waals surface area contributed by atoms with Crippen molar-refractivity contribution in [3.63, 3.8) is 0 Å². The summed E-state index contributed by atoms with van der Waals surface area (Å²) in [4.78, 5) is 7.61. The lowest BCUT2D eigenvalue weighted by Gasteiger charge is -2.61. The molecule has 0 aromatic heterocycles. The standard InChI is InChI=1S/C44H37N.2C42H35N/c1-2-12-35(13-3-1)45(36-22-20-32(21-23-36)38-16-8-11-31-10-4-5-14-37(31)38)42-19-9-18-41-43(42)39-15-6-7-17-40(39)44(41)33-25-29-24-30(27-33)28-34(44)26-29;1-2-12-32(13-3-1)43(40-26-29-11-4-5-14-33(29)34-15-6-7-16-35(34)40)39-20-10-19-38-41(39)36-17-8-9-18-37(36)42(38)30-22-27-21-28(24-30)25-31(42)23-27;1-2-10-33(11-3-1)43(34-19-20-36-30(26-34)18-17-29-9-4-5-12-35(29)36)40-16-8-15-39-41(40)37-13-6-7-14-38(37)42(39)31-22-27-21-28(24-31)25-32(42)23-27/h1-23,29-30,33-34H,24-28H2;1-20,26-28,30-31H,21-25H2;1-20,26-28,31-32H,21-25H2. The Balaban J connectivity index is 0.0000000986. The second kappa shape index (κ2) is 29.8. The minimum absolute atomic E-state index is 0.156. The van der Waals surface area contributed by atoms with Crippen LogP contribution in [0.2, 0.25) is 0 Å². The summed E-state index contributed by atoms with van der Waals surface area (Å²) in [5.41, 5.74) is 32.6. The number of fused-ring (bicyclic) bond motifs is 16. The SMILES string of the molecule is c1ccc(N(c2ccc(-c3cccc4ccccc34)cc2)c2cccc3c2-c2ccccc2C32C3CC4CC(C3)CC2C4)cc1.c1ccc(N(c2ccc3c(ccc4ccccc43)c2)c2cccc3c2-c2ccccc2C32C3CC4CC(C3)CC2C4)cc1.c1ccc(N(c2cccc3c2-c2ccccc2C32C3CC4CC(C3)CC2C4)c2cc3ccccc3c3ccccc23)cc1. The van der Waals surface area contributed by atoms with Crippen LogP contribution in [0.4, 0.5) is 51.2 Å². The Labute approximate surface area is 770 Å². The molecule has 634 valence electrons. The average molecular weight is 1690 g/mol. The van der Waals surface area contributed by atoms with Crippen molar-refractivity contribution in [3.8, 4) is 44.5 Å². The smallest absolute Gasteiger partial charge is 0.0546 e. The van der Waals surface area contributed by atoms with Gasteiger partial charge in [0.15, 0.2) is 0 Å². The second-order valence-corrected chi connectivity index (χ2v) is 41.7. The van der Waals surface area contributed by atoms with Crippen LogP contribution < -0.4 is 14.7 Å². The van der Waals surface area contributed by atoms with E-state index in [0.29, 0.717) is 0 Å². The molecular formula is C128H107N3. The molecule has 0 aliphatic heterocycles. The second-order valence-electron chi connectivity index (χ2n) is 41.7. The first-order chi connectivity index (χ1) is 64.9. The molecule has 0 radical (unpaired) electrons. The van der Waals surface area contributed by atoms with Crippen molar-refractivity contribution in [1.82, 2.24) is 0 Å². The molecule has 3 heteroatoms. The van der Waals surface area contributed by atoms with Gasteiger partial charge in [-0.3, -0.25) is 0 Å². The molecule has 0 unspecified atom stereocenters. The molecule has 131 heavy (non-hydrogen) atoms. The van der Waals surface area contributed by atoms with E-state index in [1.54, 1.807) is 33.4 Å². The third-order valence-corrected chi connectivity index (χ3v) is 35.6. The first-order valence-corrected chi connectivity index (χ1v) is 49.5. The predicted molar refractivity (Wildman–Crippen MR) is 546 cm³/mol. The number of para-hydroxylation sites is 3. The predicted octanol–water partition coefficient (Wildman–Crippen LogP) is 34.1.